The van der Waals surface area contributed by atoms with Gasteiger partial charge in [0.25, 0.3) is 0 Å². The van der Waals surface area contributed by atoms with Crippen LogP contribution in [0.2, 0.25) is 10.0 Å². The molecule has 0 N–H and O–H groups in total. The summed E-state index contributed by atoms with van der Waals surface area (Å²) >= 11 is 20.9. The zero-order valence-electron chi connectivity index (χ0n) is 9.23. The molecule has 0 nitrogen and oxygen atoms in total. The van der Waals surface area contributed by atoms with Crippen LogP contribution < -0.4 is 0 Å². The van der Waals surface area contributed by atoms with Crippen LogP contribution in [-0.4, -0.2) is 0 Å². The molecule has 1 atom stereocenters. The summed E-state index contributed by atoms with van der Waals surface area (Å²) in [5, 5.41) is -0.163. The van der Waals surface area contributed by atoms with E-state index in [9.17, 15) is 8.78 Å². The molecule has 1 unspecified atom stereocenters. The van der Waals surface area contributed by atoms with Gasteiger partial charge in [-0.05, 0) is 51.8 Å². The maximum Gasteiger partial charge on any atom is 0.137 e. The second kappa shape index (κ2) is 5.96. The van der Waals surface area contributed by atoms with Crippen LogP contribution >= 0.6 is 50.7 Å². The zero-order valence-corrected chi connectivity index (χ0v) is 13.1. The average molecular weight is 386 g/mol. The van der Waals surface area contributed by atoms with Gasteiger partial charge in [0.05, 0.1) is 9.85 Å². The smallest absolute Gasteiger partial charge is 0.137 e. The van der Waals surface area contributed by atoms with Gasteiger partial charge in [-0.3, -0.25) is 0 Å². The summed E-state index contributed by atoms with van der Waals surface area (Å²) in [5.41, 5.74) is 0.433. The minimum absolute atomic E-state index is 0.00605. The second-order valence-corrected chi connectivity index (χ2v) is 5.95. The van der Waals surface area contributed by atoms with E-state index in [-0.39, 0.29) is 10.0 Å². The monoisotopic (exact) mass is 384 g/mol. The van der Waals surface area contributed by atoms with E-state index in [1.165, 1.54) is 6.07 Å². The van der Waals surface area contributed by atoms with Gasteiger partial charge in [0.15, 0.2) is 0 Å². The number of hydrogen-bond acceptors (Lipinski definition) is 0. The van der Waals surface area contributed by atoms with Crippen LogP contribution in [-0.2, 0) is 0 Å². The van der Waals surface area contributed by atoms with Gasteiger partial charge in [0, 0.05) is 15.6 Å². The van der Waals surface area contributed by atoms with Crippen molar-refractivity contribution in [3.05, 3.63) is 67.6 Å². The van der Waals surface area contributed by atoms with Crippen molar-refractivity contribution < 1.29 is 8.78 Å². The molecule has 2 rings (SSSR count). The molecule has 100 valence electrons. The van der Waals surface area contributed by atoms with Gasteiger partial charge in [-0.25, -0.2) is 8.78 Å². The van der Waals surface area contributed by atoms with Gasteiger partial charge in [-0.1, -0.05) is 23.2 Å². The van der Waals surface area contributed by atoms with Crippen molar-refractivity contribution in [2.24, 2.45) is 0 Å². The summed E-state index contributed by atoms with van der Waals surface area (Å²) in [7, 11) is 0. The van der Waals surface area contributed by atoms with Crippen molar-refractivity contribution in [3.8, 4) is 0 Å². The van der Waals surface area contributed by atoms with E-state index < -0.39 is 17.0 Å². The first kappa shape index (κ1) is 15.0. The minimum atomic E-state index is -0.922. The van der Waals surface area contributed by atoms with Gasteiger partial charge in [-0.15, -0.1) is 11.6 Å². The normalized spacial score (nSPS) is 12.5. The van der Waals surface area contributed by atoms with Crippen LogP contribution in [0, 0.1) is 11.6 Å². The second-order valence-electron chi connectivity index (χ2n) is 3.82. The first-order valence-corrected chi connectivity index (χ1v) is 7.12. The molecule has 0 amide bonds. The molecule has 0 aromatic heterocycles. The van der Waals surface area contributed by atoms with Gasteiger partial charge < -0.3 is 0 Å². The number of rotatable bonds is 2. The quantitative estimate of drug-likeness (QED) is 0.416. The molecule has 19 heavy (non-hydrogen) atoms. The highest BCUT2D eigenvalue weighted by atomic mass is 79.9. The Morgan fingerprint density at radius 2 is 1.63 bits per heavy atom. The van der Waals surface area contributed by atoms with Gasteiger partial charge in [-0.2, -0.15) is 0 Å². The van der Waals surface area contributed by atoms with E-state index in [1.807, 2.05) is 0 Å². The molecule has 0 radical (unpaired) electrons. The topological polar surface area (TPSA) is 0 Å². The zero-order chi connectivity index (χ0) is 14.2. The molecule has 0 saturated carbocycles. The summed E-state index contributed by atoms with van der Waals surface area (Å²) in [5.74, 6) is -1.22. The molecule has 0 spiro atoms. The van der Waals surface area contributed by atoms with Crippen molar-refractivity contribution in [1.82, 2.24) is 0 Å². The first-order valence-electron chi connectivity index (χ1n) is 5.13. The lowest BCUT2D eigenvalue weighted by atomic mass is 10.0. The maximum atomic E-state index is 13.8. The largest absolute Gasteiger partial charge is 0.207 e. The lowest BCUT2D eigenvalue weighted by Gasteiger charge is -2.14. The first-order chi connectivity index (χ1) is 8.90. The summed E-state index contributed by atoms with van der Waals surface area (Å²) in [4.78, 5) is 0. The van der Waals surface area contributed by atoms with Crippen molar-refractivity contribution in [2.75, 3.05) is 0 Å². The lowest BCUT2D eigenvalue weighted by Crippen LogP contribution is -1.99. The highest BCUT2D eigenvalue weighted by Crippen LogP contribution is 2.37. The Balaban J connectivity index is 2.52. The van der Waals surface area contributed by atoms with Crippen molar-refractivity contribution >= 4 is 50.7 Å². The molecule has 2 aromatic carbocycles. The Hall–Kier alpha value is -0.350. The third kappa shape index (κ3) is 3.22. The van der Waals surface area contributed by atoms with Crippen LogP contribution in [0.1, 0.15) is 16.5 Å². The van der Waals surface area contributed by atoms with Gasteiger partial charge >= 0.3 is 0 Å². The Kier molecular flexibility index (Phi) is 4.72. The SMILES string of the molecule is Fc1cc(C(Cl)c2cc(Cl)ccc2Cl)c(F)cc1Br. The Morgan fingerprint density at radius 1 is 0.947 bits per heavy atom. The predicted octanol–water partition coefficient (Wildman–Crippen LogP) is 6.36. The molecule has 0 bridgehead atoms. The highest BCUT2D eigenvalue weighted by molar-refractivity contribution is 9.10. The fourth-order valence-electron chi connectivity index (χ4n) is 1.61. The molecule has 0 fully saturated rings. The lowest BCUT2D eigenvalue weighted by molar-refractivity contribution is 0.582. The fourth-order valence-corrected chi connectivity index (χ4v) is 2.73. The summed E-state index contributed by atoms with van der Waals surface area (Å²) in [6, 6.07) is 6.74. The van der Waals surface area contributed by atoms with Crippen LogP contribution in [0.4, 0.5) is 8.78 Å². The fraction of sp³-hybridized carbons (Fsp3) is 0.0769. The Labute approximate surface area is 132 Å². The Morgan fingerprint density at radius 3 is 2.32 bits per heavy atom. The molecular formula is C13H6BrCl3F2. The summed E-state index contributed by atoms with van der Waals surface area (Å²) < 4.78 is 27.4. The van der Waals surface area contributed by atoms with E-state index in [0.717, 1.165) is 12.1 Å². The van der Waals surface area contributed by atoms with E-state index in [1.54, 1.807) is 12.1 Å². The standard InChI is InChI=1S/C13H6BrCl3F2/c14-9-5-11(18)8(4-12(9)19)13(17)7-3-6(15)1-2-10(7)16/h1-5,13H. The third-order valence-corrected chi connectivity index (χ3v) is 4.20. The van der Waals surface area contributed by atoms with Crippen LogP contribution in [0.5, 0.6) is 0 Å². The minimum Gasteiger partial charge on any atom is -0.207 e. The maximum absolute atomic E-state index is 13.8. The van der Waals surface area contributed by atoms with Crippen LogP contribution in [0.3, 0.4) is 0 Å². The van der Waals surface area contributed by atoms with Crippen LogP contribution in [0.15, 0.2) is 34.8 Å². The van der Waals surface area contributed by atoms with E-state index in [2.05, 4.69) is 15.9 Å². The van der Waals surface area contributed by atoms with Gasteiger partial charge in [0.2, 0.25) is 0 Å². The van der Waals surface area contributed by atoms with Crippen molar-refractivity contribution in [3.63, 3.8) is 0 Å². The van der Waals surface area contributed by atoms with Crippen molar-refractivity contribution in [2.45, 2.75) is 5.38 Å². The average Bonchev–Trinajstić information content (AvgIpc) is 2.36. The Bertz CT molecular complexity index is 632. The number of benzene rings is 2. The molecule has 0 aliphatic carbocycles. The molecule has 0 aliphatic heterocycles. The highest BCUT2D eigenvalue weighted by Gasteiger charge is 2.20. The summed E-state index contributed by atoms with van der Waals surface area (Å²) in [6.45, 7) is 0. The van der Waals surface area contributed by atoms with Crippen molar-refractivity contribution in [1.29, 1.82) is 0 Å². The molecule has 0 heterocycles. The third-order valence-electron chi connectivity index (χ3n) is 2.54. The van der Waals surface area contributed by atoms with E-state index in [4.69, 9.17) is 34.8 Å². The molecule has 0 saturated heterocycles. The molecular weight excluding hydrogens is 380 g/mol. The number of halogens is 6. The molecule has 0 aliphatic rings. The number of alkyl halides is 1. The molecule has 2 aromatic rings. The molecule has 6 heteroatoms. The number of hydrogen-bond donors (Lipinski definition) is 0. The predicted molar refractivity (Wildman–Crippen MR) is 78.2 cm³/mol. The van der Waals surface area contributed by atoms with Crippen LogP contribution in [0.25, 0.3) is 0 Å². The van der Waals surface area contributed by atoms with E-state index >= 15 is 0 Å². The summed E-state index contributed by atoms with van der Waals surface area (Å²) in [6.07, 6.45) is 0. The van der Waals surface area contributed by atoms with E-state index in [0.29, 0.717) is 15.6 Å². The van der Waals surface area contributed by atoms with Gasteiger partial charge in [0.1, 0.15) is 11.6 Å².